The topological polar surface area (TPSA) is 17.1 Å². The molecule has 0 aliphatic heterocycles. The minimum absolute atomic E-state index is 0.141. The Bertz CT molecular complexity index is 1120. The van der Waals surface area contributed by atoms with E-state index in [4.69, 9.17) is 0 Å². The fraction of sp³-hybridized carbons (Fsp3) is 0.375. The maximum Gasteiger partial charge on any atom is 0.169 e. The summed E-state index contributed by atoms with van der Waals surface area (Å²) in [6.45, 7) is 16.8. The van der Waals surface area contributed by atoms with Crippen molar-refractivity contribution in [3.63, 3.8) is 0 Å². The van der Waals surface area contributed by atoms with Gasteiger partial charge in [0.05, 0.1) is 0 Å². The summed E-state index contributed by atoms with van der Waals surface area (Å²) in [4.78, 5) is 13.5. The van der Waals surface area contributed by atoms with Crippen LogP contribution in [-0.2, 0) is 6.42 Å². The van der Waals surface area contributed by atoms with Gasteiger partial charge in [0.2, 0.25) is 0 Å². The number of rotatable bonds is 8. The molecule has 0 bridgehead atoms. The van der Waals surface area contributed by atoms with Crippen molar-refractivity contribution in [1.29, 1.82) is 0 Å². The second-order valence-electron chi connectivity index (χ2n) is 9.93. The predicted molar refractivity (Wildman–Crippen MR) is 141 cm³/mol. The van der Waals surface area contributed by atoms with Crippen molar-refractivity contribution in [2.24, 2.45) is 17.8 Å². The largest absolute Gasteiger partial charge is 0.294 e. The third kappa shape index (κ3) is 5.92. The summed E-state index contributed by atoms with van der Waals surface area (Å²) in [5, 5.41) is 0. The summed E-state index contributed by atoms with van der Waals surface area (Å²) >= 11 is 0. The zero-order valence-electron chi connectivity index (χ0n) is 21.2. The lowest BCUT2D eigenvalue weighted by Gasteiger charge is -2.26. The number of hydrogen-bond donors (Lipinski definition) is 0. The molecule has 0 radical (unpaired) electrons. The lowest BCUT2D eigenvalue weighted by Crippen LogP contribution is -2.21. The van der Waals surface area contributed by atoms with Crippen molar-refractivity contribution in [3.05, 3.63) is 111 Å². The van der Waals surface area contributed by atoms with Crippen LogP contribution in [-0.4, -0.2) is 5.78 Å². The van der Waals surface area contributed by atoms with Crippen molar-refractivity contribution < 1.29 is 4.79 Å². The Morgan fingerprint density at radius 3 is 2.39 bits per heavy atom. The molecule has 1 aliphatic rings. The number of allylic oxidation sites excluding steroid dienone is 5. The monoisotopic (exact) mass is 438 g/mol. The average Bonchev–Trinajstić information content (AvgIpc) is 2.80. The van der Waals surface area contributed by atoms with Crippen molar-refractivity contribution in [1.82, 2.24) is 0 Å². The average molecular weight is 439 g/mol. The van der Waals surface area contributed by atoms with Crippen LogP contribution in [0.25, 0.3) is 0 Å². The number of carbonyl (C=O) groups excluding carboxylic acids is 1. The summed E-state index contributed by atoms with van der Waals surface area (Å²) in [5.74, 6) is 0.923. The van der Waals surface area contributed by atoms with E-state index >= 15 is 0 Å². The van der Waals surface area contributed by atoms with E-state index in [-0.39, 0.29) is 11.7 Å². The van der Waals surface area contributed by atoms with Gasteiger partial charge in [0.25, 0.3) is 0 Å². The second kappa shape index (κ2) is 10.8. The maximum atomic E-state index is 13.5. The summed E-state index contributed by atoms with van der Waals surface area (Å²) in [7, 11) is 0. The minimum Gasteiger partial charge on any atom is -0.294 e. The van der Waals surface area contributed by atoms with E-state index in [9.17, 15) is 4.79 Å². The van der Waals surface area contributed by atoms with Crippen LogP contribution in [0, 0.1) is 38.5 Å². The number of benzene rings is 2. The highest BCUT2D eigenvalue weighted by Gasteiger charge is 2.27. The normalized spacial score (nSPS) is 17.5. The second-order valence-corrected chi connectivity index (χ2v) is 9.93. The van der Waals surface area contributed by atoms with Crippen molar-refractivity contribution in [2.75, 3.05) is 0 Å². The number of carbonyl (C=O) groups is 1. The molecule has 0 aromatic heterocycles. The molecule has 0 spiro atoms. The number of ketones is 1. The Morgan fingerprint density at radius 2 is 1.73 bits per heavy atom. The van der Waals surface area contributed by atoms with E-state index in [1.807, 2.05) is 6.92 Å². The van der Waals surface area contributed by atoms with E-state index in [1.165, 1.54) is 27.8 Å². The highest BCUT2D eigenvalue weighted by Crippen LogP contribution is 2.35. The minimum atomic E-state index is -0.141. The fourth-order valence-corrected chi connectivity index (χ4v) is 4.92. The Morgan fingerprint density at radius 1 is 1.06 bits per heavy atom. The van der Waals surface area contributed by atoms with Crippen LogP contribution in [0.15, 0.2) is 83.6 Å². The summed E-state index contributed by atoms with van der Waals surface area (Å²) in [6.07, 6.45) is 7.46. The zero-order valence-corrected chi connectivity index (χ0v) is 21.2. The number of aryl methyl sites for hydroxylation is 3. The van der Waals surface area contributed by atoms with Gasteiger partial charge in [-0.15, -0.1) is 5.73 Å². The molecule has 172 valence electrons. The van der Waals surface area contributed by atoms with E-state index in [0.29, 0.717) is 11.8 Å². The van der Waals surface area contributed by atoms with Crippen LogP contribution in [0.1, 0.15) is 66.2 Å². The lowest BCUT2D eigenvalue weighted by atomic mass is 9.77. The first-order valence-corrected chi connectivity index (χ1v) is 12.2. The number of hydrogen-bond acceptors (Lipinski definition) is 1. The Balaban J connectivity index is 1.80. The summed E-state index contributed by atoms with van der Waals surface area (Å²) < 4.78 is 0. The van der Waals surface area contributed by atoms with Gasteiger partial charge in [-0.3, -0.25) is 4.79 Å². The molecule has 1 heteroatoms. The molecule has 3 atom stereocenters. The molecule has 33 heavy (non-hydrogen) atoms. The van der Waals surface area contributed by atoms with Crippen LogP contribution in [0.3, 0.4) is 0 Å². The third-order valence-corrected chi connectivity index (χ3v) is 7.12. The molecule has 1 nitrogen and oxygen atoms in total. The van der Waals surface area contributed by atoms with Gasteiger partial charge in [-0.25, -0.2) is 0 Å². The molecule has 0 heterocycles. The Kier molecular flexibility index (Phi) is 8.11. The van der Waals surface area contributed by atoms with Gasteiger partial charge in [0, 0.05) is 17.1 Å². The quantitative estimate of drug-likeness (QED) is 0.299. The molecule has 3 unspecified atom stereocenters. The van der Waals surface area contributed by atoms with Gasteiger partial charge >= 0.3 is 0 Å². The first kappa shape index (κ1) is 24.7. The SMILES string of the molecule is C=C=C(CC(C)Cc1ccccc1)C1=CCC(C)C(C(C)C(=O)c2cc(C)c(C)cc2C)=C1. The van der Waals surface area contributed by atoms with Crippen LogP contribution in [0.2, 0.25) is 0 Å². The molecule has 3 rings (SSSR count). The molecule has 0 amide bonds. The Labute approximate surface area is 200 Å². The molecular weight excluding hydrogens is 400 g/mol. The van der Waals surface area contributed by atoms with E-state index in [1.54, 1.807) is 0 Å². The van der Waals surface area contributed by atoms with Crippen LogP contribution in [0.4, 0.5) is 0 Å². The smallest absolute Gasteiger partial charge is 0.169 e. The molecule has 2 aromatic rings. The summed E-state index contributed by atoms with van der Waals surface area (Å²) in [5.41, 5.74) is 12.5. The van der Waals surface area contributed by atoms with Crippen molar-refractivity contribution in [3.8, 4) is 0 Å². The van der Waals surface area contributed by atoms with Gasteiger partial charge < -0.3 is 0 Å². The Hall–Kier alpha value is -2.89. The number of Topliss-reactive ketones (excluding diaryl/α,β-unsaturated/α-hetero) is 1. The van der Waals surface area contributed by atoms with Gasteiger partial charge in [-0.1, -0.05) is 81.5 Å². The predicted octanol–water partition coefficient (Wildman–Crippen LogP) is 8.30. The molecule has 1 aliphatic carbocycles. The fourth-order valence-electron chi connectivity index (χ4n) is 4.92. The molecule has 0 fully saturated rings. The molecule has 2 aromatic carbocycles. The van der Waals surface area contributed by atoms with E-state index < -0.39 is 0 Å². The van der Waals surface area contributed by atoms with Gasteiger partial charge in [0.15, 0.2) is 5.78 Å². The van der Waals surface area contributed by atoms with E-state index in [2.05, 4.69) is 102 Å². The molecular formula is C32H38O. The molecule has 0 saturated carbocycles. The van der Waals surface area contributed by atoms with Crippen LogP contribution >= 0.6 is 0 Å². The van der Waals surface area contributed by atoms with Crippen molar-refractivity contribution >= 4 is 5.78 Å². The zero-order chi connectivity index (χ0) is 24.1. The first-order valence-electron chi connectivity index (χ1n) is 12.2. The van der Waals surface area contributed by atoms with Gasteiger partial charge in [-0.05, 0) is 85.8 Å². The van der Waals surface area contributed by atoms with Crippen LogP contribution < -0.4 is 0 Å². The maximum absolute atomic E-state index is 13.5. The standard InChI is InChI=1S/C32H38O/c1-8-28(17-21(2)16-27-12-10-9-11-13-27)29-15-14-22(3)30(20-29)26(7)32(33)31-19-24(5)23(4)18-25(31)6/h9-13,15,18-22,26H,1,14,16-17H2,2-7H3. The highest BCUT2D eigenvalue weighted by molar-refractivity contribution is 6.01. The highest BCUT2D eigenvalue weighted by atomic mass is 16.1. The molecule has 0 N–H and O–H groups in total. The van der Waals surface area contributed by atoms with Crippen molar-refractivity contribution in [2.45, 2.75) is 60.8 Å². The first-order chi connectivity index (χ1) is 15.7. The van der Waals surface area contributed by atoms with Gasteiger partial charge in [0.1, 0.15) is 0 Å². The summed E-state index contributed by atoms with van der Waals surface area (Å²) in [6, 6.07) is 14.8. The molecule has 0 saturated heterocycles. The van der Waals surface area contributed by atoms with E-state index in [0.717, 1.165) is 36.0 Å². The van der Waals surface area contributed by atoms with Gasteiger partial charge in [-0.2, -0.15) is 0 Å². The van der Waals surface area contributed by atoms with Crippen LogP contribution in [0.5, 0.6) is 0 Å². The third-order valence-electron chi connectivity index (χ3n) is 7.12. The lowest BCUT2D eigenvalue weighted by molar-refractivity contribution is 0.0942.